The standard InChI is InChI=1S/C16H22N2O4/c1-3-22-15-7-5-4-6-13(15)16(21)18-8-12(10-19)14(9-18)17-11(2)20/h4-7,12,14,19H,3,8-10H2,1-2H3,(H,17,20)/t12-,14+/m0/s1. The maximum absolute atomic E-state index is 12.7. The van der Waals surface area contributed by atoms with Crippen LogP contribution in [0, 0.1) is 5.92 Å². The molecule has 0 radical (unpaired) electrons. The van der Waals surface area contributed by atoms with Gasteiger partial charge >= 0.3 is 0 Å². The number of nitrogens with zero attached hydrogens (tertiary/aromatic N) is 1. The second-order valence-corrected chi connectivity index (χ2v) is 5.39. The van der Waals surface area contributed by atoms with Gasteiger partial charge in [-0.05, 0) is 19.1 Å². The van der Waals surface area contributed by atoms with Crippen LogP contribution in [0.2, 0.25) is 0 Å². The van der Waals surface area contributed by atoms with Crippen LogP contribution in [0.4, 0.5) is 0 Å². The fraction of sp³-hybridized carbons (Fsp3) is 0.500. The van der Waals surface area contributed by atoms with Crippen molar-refractivity contribution in [1.82, 2.24) is 10.2 Å². The minimum atomic E-state index is -0.217. The summed E-state index contributed by atoms with van der Waals surface area (Å²) in [7, 11) is 0. The van der Waals surface area contributed by atoms with Crippen LogP contribution >= 0.6 is 0 Å². The number of ether oxygens (including phenoxy) is 1. The Morgan fingerprint density at radius 2 is 2.09 bits per heavy atom. The first-order chi connectivity index (χ1) is 10.6. The highest BCUT2D eigenvalue weighted by Gasteiger charge is 2.36. The fourth-order valence-corrected chi connectivity index (χ4v) is 2.74. The minimum Gasteiger partial charge on any atom is -0.493 e. The van der Waals surface area contributed by atoms with Crippen LogP contribution in [-0.2, 0) is 4.79 Å². The first-order valence-electron chi connectivity index (χ1n) is 7.45. The van der Waals surface area contributed by atoms with Gasteiger partial charge in [-0.3, -0.25) is 9.59 Å². The second-order valence-electron chi connectivity index (χ2n) is 5.39. The van der Waals surface area contributed by atoms with Crippen LogP contribution in [0.15, 0.2) is 24.3 Å². The number of rotatable bonds is 5. The molecule has 1 aromatic carbocycles. The van der Waals surface area contributed by atoms with Gasteiger partial charge in [0.25, 0.3) is 5.91 Å². The molecule has 2 amide bonds. The molecule has 0 bridgehead atoms. The van der Waals surface area contributed by atoms with Crippen LogP contribution in [-0.4, -0.2) is 54.2 Å². The highest BCUT2D eigenvalue weighted by Crippen LogP contribution is 2.24. The third-order valence-electron chi connectivity index (χ3n) is 3.77. The molecule has 22 heavy (non-hydrogen) atoms. The van der Waals surface area contributed by atoms with Crippen molar-refractivity contribution in [1.29, 1.82) is 0 Å². The maximum atomic E-state index is 12.7. The summed E-state index contributed by atoms with van der Waals surface area (Å²) in [4.78, 5) is 25.6. The Balaban J connectivity index is 2.15. The van der Waals surface area contributed by atoms with Crippen molar-refractivity contribution in [2.75, 3.05) is 26.3 Å². The largest absolute Gasteiger partial charge is 0.493 e. The SMILES string of the molecule is CCOc1ccccc1C(=O)N1C[C@@H](CO)[C@H](NC(C)=O)C1. The summed E-state index contributed by atoms with van der Waals surface area (Å²) >= 11 is 0. The van der Waals surface area contributed by atoms with E-state index in [0.29, 0.717) is 31.0 Å². The number of amides is 2. The molecule has 2 N–H and O–H groups in total. The van der Waals surface area contributed by atoms with Gasteiger partial charge in [-0.1, -0.05) is 12.1 Å². The lowest BCUT2D eigenvalue weighted by Crippen LogP contribution is -2.40. The van der Waals surface area contributed by atoms with Gasteiger partial charge < -0.3 is 20.1 Å². The zero-order chi connectivity index (χ0) is 16.1. The second kappa shape index (κ2) is 7.26. The Morgan fingerprint density at radius 3 is 2.73 bits per heavy atom. The minimum absolute atomic E-state index is 0.0676. The molecule has 0 saturated carbocycles. The van der Waals surface area contributed by atoms with E-state index in [9.17, 15) is 14.7 Å². The first kappa shape index (κ1) is 16.3. The van der Waals surface area contributed by atoms with E-state index >= 15 is 0 Å². The molecule has 1 aromatic rings. The summed E-state index contributed by atoms with van der Waals surface area (Å²) in [6, 6.07) is 6.89. The Hall–Kier alpha value is -2.08. The lowest BCUT2D eigenvalue weighted by molar-refractivity contribution is -0.119. The van der Waals surface area contributed by atoms with Crippen LogP contribution in [0.1, 0.15) is 24.2 Å². The number of hydrogen-bond acceptors (Lipinski definition) is 4. The summed E-state index contributed by atoms with van der Waals surface area (Å²) in [5.41, 5.74) is 0.504. The van der Waals surface area contributed by atoms with Gasteiger partial charge in [0, 0.05) is 32.5 Å². The number of carbonyl (C=O) groups is 2. The Morgan fingerprint density at radius 1 is 1.36 bits per heavy atom. The van der Waals surface area contributed by atoms with E-state index in [1.165, 1.54) is 6.92 Å². The average Bonchev–Trinajstić information content (AvgIpc) is 2.89. The van der Waals surface area contributed by atoms with Crippen LogP contribution in [0.25, 0.3) is 0 Å². The molecule has 1 heterocycles. The highest BCUT2D eigenvalue weighted by atomic mass is 16.5. The molecule has 0 spiro atoms. The Kier molecular flexibility index (Phi) is 5.38. The van der Waals surface area contributed by atoms with Crippen LogP contribution in [0.3, 0.4) is 0 Å². The van der Waals surface area contributed by atoms with Crippen molar-refractivity contribution in [3.63, 3.8) is 0 Å². The molecule has 2 atom stereocenters. The summed E-state index contributed by atoms with van der Waals surface area (Å²) < 4.78 is 5.50. The van der Waals surface area contributed by atoms with Gasteiger partial charge in [0.05, 0.1) is 18.2 Å². The predicted octanol–water partition coefficient (Wildman–Crippen LogP) is 0.654. The Bertz CT molecular complexity index is 547. The van der Waals surface area contributed by atoms with Crippen molar-refractivity contribution in [3.8, 4) is 5.75 Å². The molecule has 1 aliphatic heterocycles. The molecule has 1 fully saturated rings. The van der Waals surface area contributed by atoms with E-state index in [-0.39, 0.29) is 30.4 Å². The predicted molar refractivity (Wildman–Crippen MR) is 81.7 cm³/mol. The average molecular weight is 306 g/mol. The van der Waals surface area contributed by atoms with Crippen molar-refractivity contribution >= 4 is 11.8 Å². The molecule has 6 heteroatoms. The molecule has 0 aliphatic carbocycles. The van der Waals surface area contributed by atoms with Crippen molar-refractivity contribution < 1.29 is 19.4 Å². The molecule has 1 aliphatic rings. The van der Waals surface area contributed by atoms with E-state index in [0.717, 1.165) is 0 Å². The zero-order valence-corrected chi connectivity index (χ0v) is 12.9. The molecule has 120 valence electrons. The van der Waals surface area contributed by atoms with E-state index in [1.807, 2.05) is 13.0 Å². The molecule has 1 saturated heterocycles. The summed E-state index contributed by atoms with van der Waals surface area (Å²) in [6.45, 7) is 4.53. The van der Waals surface area contributed by atoms with E-state index in [1.54, 1.807) is 23.1 Å². The lowest BCUT2D eigenvalue weighted by atomic mass is 10.1. The lowest BCUT2D eigenvalue weighted by Gasteiger charge is -2.18. The molecule has 0 unspecified atom stereocenters. The van der Waals surface area contributed by atoms with Crippen molar-refractivity contribution in [2.45, 2.75) is 19.9 Å². The molecular formula is C16H22N2O4. The number of benzene rings is 1. The highest BCUT2D eigenvalue weighted by molar-refractivity contribution is 5.97. The van der Waals surface area contributed by atoms with Gasteiger partial charge in [-0.2, -0.15) is 0 Å². The van der Waals surface area contributed by atoms with E-state index < -0.39 is 0 Å². The third kappa shape index (κ3) is 3.57. The first-order valence-corrected chi connectivity index (χ1v) is 7.45. The maximum Gasteiger partial charge on any atom is 0.257 e. The number of para-hydroxylation sites is 1. The number of aliphatic hydroxyl groups excluding tert-OH is 1. The van der Waals surface area contributed by atoms with Crippen LogP contribution < -0.4 is 10.1 Å². The van der Waals surface area contributed by atoms with Gasteiger partial charge in [-0.25, -0.2) is 0 Å². The van der Waals surface area contributed by atoms with E-state index in [4.69, 9.17) is 4.74 Å². The smallest absolute Gasteiger partial charge is 0.257 e. The van der Waals surface area contributed by atoms with Crippen LogP contribution in [0.5, 0.6) is 5.75 Å². The monoisotopic (exact) mass is 306 g/mol. The van der Waals surface area contributed by atoms with Crippen molar-refractivity contribution in [3.05, 3.63) is 29.8 Å². The number of likely N-dealkylation sites (tertiary alicyclic amines) is 1. The van der Waals surface area contributed by atoms with Gasteiger partial charge in [0.2, 0.25) is 5.91 Å². The van der Waals surface area contributed by atoms with E-state index in [2.05, 4.69) is 5.32 Å². The normalized spacial score (nSPS) is 20.8. The number of carbonyl (C=O) groups excluding carboxylic acids is 2. The third-order valence-corrected chi connectivity index (χ3v) is 3.77. The zero-order valence-electron chi connectivity index (χ0n) is 12.9. The summed E-state index contributed by atoms with van der Waals surface area (Å²) in [5.74, 6) is 0.105. The molecular weight excluding hydrogens is 284 g/mol. The molecule has 0 aromatic heterocycles. The fourth-order valence-electron chi connectivity index (χ4n) is 2.74. The number of nitrogens with one attached hydrogen (secondary N) is 1. The van der Waals surface area contributed by atoms with Gasteiger partial charge in [0.1, 0.15) is 5.75 Å². The Labute approximate surface area is 130 Å². The topological polar surface area (TPSA) is 78.9 Å². The molecule has 2 rings (SSSR count). The van der Waals surface area contributed by atoms with Gasteiger partial charge in [-0.15, -0.1) is 0 Å². The summed E-state index contributed by atoms with van der Waals surface area (Å²) in [6.07, 6.45) is 0. The molecule has 6 nitrogen and oxygen atoms in total. The number of aliphatic hydroxyl groups is 1. The number of hydrogen-bond donors (Lipinski definition) is 2. The van der Waals surface area contributed by atoms with Gasteiger partial charge in [0.15, 0.2) is 0 Å². The quantitative estimate of drug-likeness (QED) is 0.837. The summed E-state index contributed by atoms with van der Waals surface area (Å²) in [5, 5.41) is 12.2. The van der Waals surface area contributed by atoms with Crippen molar-refractivity contribution in [2.24, 2.45) is 5.92 Å².